The molecule has 4 rings (SSSR count). The van der Waals surface area contributed by atoms with E-state index in [1.807, 2.05) is 71.5 Å². The molecule has 0 aliphatic heterocycles. The average Bonchev–Trinajstić information content (AvgIpc) is 3.46. The maximum atomic E-state index is 12.8. The van der Waals surface area contributed by atoms with Crippen LogP contribution in [0.25, 0.3) is 16.8 Å². The van der Waals surface area contributed by atoms with Gasteiger partial charge >= 0.3 is 5.97 Å². The number of amides is 1. The van der Waals surface area contributed by atoms with Crippen LogP contribution in [0.2, 0.25) is 0 Å². The van der Waals surface area contributed by atoms with Crippen molar-refractivity contribution in [2.45, 2.75) is 12.1 Å². The van der Waals surface area contributed by atoms with Crippen LogP contribution in [-0.4, -0.2) is 46.6 Å². The molecule has 1 amide bonds. The fraction of sp³-hybridized carbons (Fsp3) is 0.167. The first-order chi connectivity index (χ1) is 16.5. The third-order valence-corrected chi connectivity index (χ3v) is 6.80. The highest BCUT2D eigenvalue weighted by molar-refractivity contribution is 7.99. The van der Waals surface area contributed by atoms with Crippen LogP contribution in [0.15, 0.2) is 65.1 Å². The lowest BCUT2D eigenvalue weighted by Crippen LogP contribution is -2.16. The van der Waals surface area contributed by atoms with E-state index in [1.54, 1.807) is 7.11 Å². The highest BCUT2D eigenvalue weighted by Gasteiger charge is 2.23. The summed E-state index contributed by atoms with van der Waals surface area (Å²) in [5, 5.41) is 14.1. The van der Waals surface area contributed by atoms with Crippen molar-refractivity contribution in [3.63, 3.8) is 0 Å². The number of hydrogen-bond acceptors (Lipinski definition) is 8. The molecular formula is C24H22N4O4S2. The molecule has 0 aliphatic rings. The van der Waals surface area contributed by atoms with Crippen LogP contribution in [0.4, 0.5) is 5.00 Å². The van der Waals surface area contributed by atoms with Crippen molar-refractivity contribution in [3.05, 3.63) is 71.4 Å². The zero-order chi connectivity index (χ0) is 24.1. The molecule has 34 heavy (non-hydrogen) atoms. The maximum Gasteiger partial charge on any atom is 0.341 e. The van der Waals surface area contributed by atoms with E-state index in [-0.39, 0.29) is 11.7 Å². The van der Waals surface area contributed by atoms with Gasteiger partial charge in [0.05, 0.1) is 20.0 Å². The number of nitrogens with zero attached hydrogens (tertiary/aromatic N) is 3. The lowest BCUT2D eigenvalue weighted by molar-refractivity contribution is -0.113. The highest BCUT2D eigenvalue weighted by atomic mass is 32.2. The van der Waals surface area contributed by atoms with Gasteiger partial charge in [-0.2, -0.15) is 0 Å². The number of esters is 1. The zero-order valence-corrected chi connectivity index (χ0v) is 20.4. The molecule has 2 heterocycles. The number of carbonyl (C=O) groups is 2. The number of anilines is 1. The Kier molecular flexibility index (Phi) is 7.29. The first-order valence-corrected chi connectivity index (χ1v) is 12.1. The minimum Gasteiger partial charge on any atom is -0.497 e. The summed E-state index contributed by atoms with van der Waals surface area (Å²) in [6.45, 7) is 1.86. The molecule has 0 saturated heterocycles. The highest BCUT2D eigenvalue weighted by Crippen LogP contribution is 2.37. The van der Waals surface area contributed by atoms with Crippen molar-refractivity contribution in [2.24, 2.45) is 0 Å². The molecule has 1 N–H and O–H groups in total. The molecule has 0 spiro atoms. The molecule has 2 aromatic carbocycles. The van der Waals surface area contributed by atoms with Crippen molar-refractivity contribution in [2.75, 3.05) is 25.3 Å². The van der Waals surface area contributed by atoms with E-state index >= 15 is 0 Å². The lowest BCUT2D eigenvalue weighted by atomic mass is 10.0. The van der Waals surface area contributed by atoms with Crippen LogP contribution in [0, 0.1) is 6.92 Å². The van der Waals surface area contributed by atoms with Crippen LogP contribution < -0.4 is 10.1 Å². The Morgan fingerprint density at radius 3 is 2.47 bits per heavy atom. The quantitative estimate of drug-likeness (QED) is 0.277. The molecule has 0 saturated carbocycles. The molecular weight excluding hydrogens is 472 g/mol. The summed E-state index contributed by atoms with van der Waals surface area (Å²) >= 11 is 2.54. The number of benzene rings is 2. The molecule has 0 bridgehead atoms. The normalized spacial score (nSPS) is 10.7. The van der Waals surface area contributed by atoms with E-state index in [2.05, 4.69) is 15.5 Å². The summed E-state index contributed by atoms with van der Waals surface area (Å²) in [7, 11) is 2.91. The Bertz CT molecular complexity index is 1300. The summed E-state index contributed by atoms with van der Waals surface area (Å²) in [5.74, 6) is 0.752. The van der Waals surface area contributed by atoms with E-state index < -0.39 is 5.97 Å². The predicted molar refractivity (Wildman–Crippen MR) is 133 cm³/mol. The van der Waals surface area contributed by atoms with Gasteiger partial charge in [-0.3, -0.25) is 9.36 Å². The average molecular weight is 495 g/mol. The minimum atomic E-state index is -0.519. The fourth-order valence-electron chi connectivity index (χ4n) is 3.34. The molecule has 8 nitrogen and oxygen atoms in total. The second-order valence-corrected chi connectivity index (χ2v) is 8.93. The number of nitrogens with one attached hydrogen (secondary N) is 1. The Balaban J connectivity index is 1.52. The van der Waals surface area contributed by atoms with Gasteiger partial charge in [0.25, 0.3) is 0 Å². The Morgan fingerprint density at radius 1 is 1.06 bits per heavy atom. The molecule has 0 radical (unpaired) electrons. The number of aromatic nitrogens is 3. The Hall–Kier alpha value is -3.63. The second-order valence-electron chi connectivity index (χ2n) is 7.11. The van der Waals surface area contributed by atoms with Crippen LogP contribution in [-0.2, 0) is 9.53 Å². The van der Waals surface area contributed by atoms with Crippen LogP contribution in [0.3, 0.4) is 0 Å². The monoisotopic (exact) mass is 494 g/mol. The molecule has 0 atom stereocenters. The van der Waals surface area contributed by atoms with E-state index in [9.17, 15) is 9.59 Å². The van der Waals surface area contributed by atoms with Crippen LogP contribution in [0.5, 0.6) is 5.75 Å². The number of carbonyl (C=O) groups excluding carboxylic acids is 2. The van der Waals surface area contributed by atoms with Gasteiger partial charge in [0.15, 0.2) is 5.16 Å². The number of thioether (sulfide) groups is 1. The molecule has 174 valence electrons. The molecule has 0 aliphatic carbocycles. The van der Waals surface area contributed by atoms with Crippen molar-refractivity contribution < 1.29 is 19.1 Å². The lowest BCUT2D eigenvalue weighted by Gasteiger charge is -2.09. The summed E-state index contributed by atoms with van der Waals surface area (Å²) < 4.78 is 12.1. The van der Waals surface area contributed by atoms with Gasteiger partial charge < -0.3 is 14.8 Å². The van der Waals surface area contributed by atoms with Gasteiger partial charge in [-0.1, -0.05) is 42.1 Å². The van der Waals surface area contributed by atoms with E-state index in [4.69, 9.17) is 9.47 Å². The van der Waals surface area contributed by atoms with E-state index in [0.717, 1.165) is 17.1 Å². The zero-order valence-electron chi connectivity index (χ0n) is 18.8. The number of aryl methyl sites for hydroxylation is 1. The van der Waals surface area contributed by atoms with Crippen LogP contribution >= 0.6 is 23.1 Å². The van der Waals surface area contributed by atoms with Gasteiger partial charge in [0.2, 0.25) is 5.91 Å². The van der Waals surface area contributed by atoms with Gasteiger partial charge in [0, 0.05) is 16.6 Å². The molecule has 0 fully saturated rings. The summed E-state index contributed by atoms with van der Waals surface area (Å²) in [6.07, 6.45) is 0. The largest absolute Gasteiger partial charge is 0.497 e. The third kappa shape index (κ3) is 4.97. The Labute approximate surface area is 204 Å². The van der Waals surface area contributed by atoms with Gasteiger partial charge in [-0.15, -0.1) is 21.5 Å². The number of hydrogen-bond donors (Lipinski definition) is 1. The smallest absolute Gasteiger partial charge is 0.341 e. The summed E-state index contributed by atoms with van der Waals surface area (Å²) in [5.41, 5.74) is 2.74. The predicted octanol–water partition coefficient (Wildman–Crippen LogP) is 4.83. The van der Waals surface area contributed by atoms with Crippen molar-refractivity contribution in [1.82, 2.24) is 14.8 Å². The van der Waals surface area contributed by atoms with Gasteiger partial charge in [-0.25, -0.2) is 4.79 Å². The SMILES string of the molecule is COC(=O)c1c(-c2ccc(OC)cc2)csc1NC(=O)CSc1nnc(C)n1-c1ccccc1. The first-order valence-electron chi connectivity index (χ1n) is 10.3. The van der Waals surface area contributed by atoms with Gasteiger partial charge in [-0.05, 0) is 36.8 Å². The van der Waals surface area contributed by atoms with Crippen LogP contribution in [0.1, 0.15) is 16.2 Å². The number of ether oxygens (including phenoxy) is 2. The first kappa shape index (κ1) is 23.5. The van der Waals surface area contributed by atoms with E-state index in [1.165, 1.54) is 30.2 Å². The van der Waals surface area contributed by atoms with Crippen molar-refractivity contribution in [1.29, 1.82) is 0 Å². The van der Waals surface area contributed by atoms with E-state index in [0.29, 0.717) is 27.0 Å². The number of thiophene rings is 1. The topological polar surface area (TPSA) is 95.3 Å². The fourth-order valence-corrected chi connectivity index (χ4v) is 5.11. The molecule has 10 heteroatoms. The van der Waals surface area contributed by atoms with Crippen molar-refractivity contribution in [3.8, 4) is 22.6 Å². The molecule has 2 aromatic heterocycles. The minimum absolute atomic E-state index is 0.0986. The maximum absolute atomic E-state index is 12.8. The molecule has 4 aromatic rings. The van der Waals surface area contributed by atoms with Gasteiger partial charge in [0.1, 0.15) is 22.1 Å². The second kappa shape index (κ2) is 10.5. The van der Waals surface area contributed by atoms with Crippen molar-refractivity contribution >= 4 is 40.0 Å². The summed E-state index contributed by atoms with van der Waals surface area (Å²) in [4.78, 5) is 25.3. The number of methoxy groups -OCH3 is 2. The molecule has 0 unspecified atom stereocenters. The number of para-hydroxylation sites is 1. The number of rotatable bonds is 8. The summed E-state index contributed by atoms with van der Waals surface area (Å²) in [6, 6.07) is 17.0. The standard InChI is InChI=1S/C24H22N4O4S2/c1-15-26-27-24(28(15)17-7-5-4-6-8-17)34-14-20(29)25-22-21(23(30)32-3)19(13-33-22)16-9-11-18(31-2)12-10-16/h4-13H,14H2,1-3H3,(H,25,29). The Morgan fingerprint density at radius 2 is 1.79 bits per heavy atom. The third-order valence-electron chi connectivity index (χ3n) is 4.98.